The molecular weight excluding hydrogens is 450 g/mol. The van der Waals surface area contributed by atoms with E-state index in [-0.39, 0.29) is 33.3 Å². The van der Waals surface area contributed by atoms with Gasteiger partial charge >= 0.3 is 0 Å². The number of methoxy groups -OCH3 is 2. The van der Waals surface area contributed by atoms with Crippen molar-refractivity contribution < 1.29 is 26.8 Å². The van der Waals surface area contributed by atoms with Crippen LogP contribution in [0.15, 0.2) is 56.6 Å². The molecule has 4 heterocycles. The van der Waals surface area contributed by atoms with E-state index >= 15 is 0 Å². The number of hydrogen-bond acceptors (Lipinski definition) is 9. The van der Waals surface area contributed by atoms with Gasteiger partial charge in [-0.25, -0.2) is 13.4 Å². The molecule has 0 bridgehead atoms. The molecular formula is C21H19N5O6S. The highest BCUT2D eigenvalue weighted by Crippen LogP contribution is 2.37. The minimum absolute atomic E-state index is 0.0673. The second-order valence-corrected chi connectivity index (χ2v) is 8.83. The van der Waals surface area contributed by atoms with Crippen molar-refractivity contribution in [2.75, 3.05) is 18.9 Å². The van der Waals surface area contributed by atoms with Crippen molar-refractivity contribution in [3.8, 4) is 11.6 Å². The normalized spacial score (nSPS) is 11.8. The average Bonchev–Trinajstić information content (AvgIpc) is 3.52. The van der Waals surface area contributed by atoms with Gasteiger partial charge in [0.05, 0.1) is 26.5 Å². The molecule has 0 amide bonds. The molecule has 0 unspecified atom stereocenters. The standard InChI is InChI=1S/C21H19N5O6S/c1-12-9-13-5-6-15(29-2)19(18(13)31-12)33(27,28)25-20-17-16(32-24-20)10-14(23-21(17)30-3)11-26-8-4-7-22-26/h4-10H,11H2,1-3H3,(H,24,25). The Kier molecular flexibility index (Phi) is 4.93. The Morgan fingerprint density at radius 1 is 1.18 bits per heavy atom. The predicted octanol–water partition coefficient (Wildman–Crippen LogP) is 3.34. The molecule has 0 saturated carbocycles. The van der Waals surface area contributed by atoms with E-state index in [0.29, 0.717) is 29.0 Å². The maximum Gasteiger partial charge on any atom is 0.270 e. The van der Waals surface area contributed by atoms with Crippen molar-refractivity contribution in [2.45, 2.75) is 18.4 Å². The molecule has 0 atom stereocenters. The Balaban J connectivity index is 1.59. The van der Waals surface area contributed by atoms with Crippen molar-refractivity contribution in [3.05, 3.63) is 54.2 Å². The maximum atomic E-state index is 13.4. The number of aryl methyl sites for hydroxylation is 1. The lowest BCUT2D eigenvalue weighted by Crippen LogP contribution is -2.15. The molecule has 12 heteroatoms. The van der Waals surface area contributed by atoms with Crippen LogP contribution in [0.2, 0.25) is 0 Å². The largest absolute Gasteiger partial charge is 0.495 e. The van der Waals surface area contributed by atoms with E-state index in [1.165, 1.54) is 14.2 Å². The molecule has 0 aliphatic rings. The van der Waals surface area contributed by atoms with Crippen LogP contribution in [0, 0.1) is 6.92 Å². The Hall–Kier alpha value is -4.06. The van der Waals surface area contributed by atoms with E-state index in [4.69, 9.17) is 18.4 Å². The first kappa shape index (κ1) is 20.8. The van der Waals surface area contributed by atoms with Crippen LogP contribution in [0.4, 0.5) is 5.82 Å². The summed E-state index contributed by atoms with van der Waals surface area (Å²) in [5.74, 6) is 0.788. The first-order valence-electron chi connectivity index (χ1n) is 9.80. The van der Waals surface area contributed by atoms with Crippen LogP contribution >= 0.6 is 0 Å². The van der Waals surface area contributed by atoms with Gasteiger partial charge in [0.2, 0.25) is 5.88 Å². The zero-order valence-corrected chi connectivity index (χ0v) is 18.7. The number of nitrogens with one attached hydrogen (secondary N) is 1. The zero-order chi connectivity index (χ0) is 23.2. The molecule has 0 radical (unpaired) electrons. The topological polar surface area (TPSA) is 135 Å². The summed E-state index contributed by atoms with van der Waals surface area (Å²) < 4.78 is 52.7. The number of pyridine rings is 1. The van der Waals surface area contributed by atoms with E-state index in [9.17, 15) is 8.42 Å². The number of ether oxygens (including phenoxy) is 2. The van der Waals surface area contributed by atoms with Crippen molar-refractivity contribution in [1.29, 1.82) is 0 Å². The number of furan rings is 1. The third-order valence-corrected chi connectivity index (χ3v) is 6.39. The van der Waals surface area contributed by atoms with E-state index in [1.807, 2.05) is 0 Å². The minimum atomic E-state index is -4.20. The lowest BCUT2D eigenvalue weighted by Gasteiger charge is -2.11. The van der Waals surface area contributed by atoms with Crippen molar-refractivity contribution in [1.82, 2.24) is 19.9 Å². The fourth-order valence-electron chi connectivity index (χ4n) is 3.62. The van der Waals surface area contributed by atoms with Crippen LogP contribution in [-0.4, -0.2) is 42.6 Å². The monoisotopic (exact) mass is 469 g/mol. The smallest absolute Gasteiger partial charge is 0.270 e. The molecule has 5 rings (SSSR count). The summed E-state index contributed by atoms with van der Waals surface area (Å²) in [5.41, 5.74) is 1.09. The predicted molar refractivity (Wildman–Crippen MR) is 118 cm³/mol. The SMILES string of the molecule is COc1ccc2cc(C)oc2c1S(=O)(=O)Nc1noc2cc(Cn3cccn3)nc(OC)c12. The zero-order valence-electron chi connectivity index (χ0n) is 17.9. The fourth-order valence-corrected chi connectivity index (χ4v) is 4.93. The lowest BCUT2D eigenvalue weighted by atomic mass is 10.2. The molecule has 33 heavy (non-hydrogen) atoms. The van der Waals surface area contributed by atoms with Crippen LogP contribution < -0.4 is 14.2 Å². The molecule has 4 aromatic heterocycles. The molecule has 5 aromatic rings. The van der Waals surface area contributed by atoms with Gasteiger partial charge in [-0.3, -0.25) is 9.40 Å². The van der Waals surface area contributed by atoms with Gasteiger partial charge in [0.1, 0.15) is 16.9 Å². The van der Waals surface area contributed by atoms with Crippen molar-refractivity contribution in [3.63, 3.8) is 0 Å². The summed E-state index contributed by atoms with van der Waals surface area (Å²) in [6.45, 7) is 2.11. The van der Waals surface area contributed by atoms with Gasteiger partial charge in [-0.15, -0.1) is 0 Å². The fraction of sp³-hybridized carbons (Fsp3) is 0.190. The van der Waals surface area contributed by atoms with Gasteiger partial charge in [-0.2, -0.15) is 5.10 Å². The summed E-state index contributed by atoms with van der Waals surface area (Å²) >= 11 is 0. The summed E-state index contributed by atoms with van der Waals surface area (Å²) in [6, 6.07) is 8.49. The van der Waals surface area contributed by atoms with Gasteiger partial charge < -0.3 is 18.4 Å². The molecule has 11 nitrogen and oxygen atoms in total. The van der Waals surface area contributed by atoms with Gasteiger partial charge in [-0.05, 0) is 31.2 Å². The molecule has 0 saturated heterocycles. The number of sulfonamides is 1. The molecule has 0 fully saturated rings. The van der Waals surface area contributed by atoms with Crippen molar-refractivity contribution in [2.24, 2.45) is 0 Å². The second kappa shape index (κ2) is 7.81. The Morgan fingerprint density at radius 2 is 2.03 bits per heavy atom. The average molecular weight is 469 g/mol. The minimum Gasteiger partial charge on any atom is -0.495 e. The Labute approximate surface area is 187 Å². The molecule has 0 aliphatic carbocycles. The maximum absolute atomic E-state index is 13.4. The first-order chi connectivity index (χ1) is 15.9. The van der Waals surface area contributed by atoms with Gasteiger partial charge in [0.25, 0.3) is 10.0 Å². The van der Waals surface area contributed by atoms with Crippen LogP contribution in [0.5, 0.6) is 11.6 Å². The number of hydrogen-bond donors (Lipinski definition) is 1. The second-order valence-electron chi connectivity index (χ2n) is 7.21. The third-order valence-electron chi connectivity index (χ3n) is 5.00. The van der Waals surface area contributed by atoms with E-state index in [1.54, 1.807) is 54.3 Å². The molecule has 0 aliphatic heterocycles. The lowest BCUT2D eigenvalue weighted by molar-refractivity contribution is 0.400. The van der Waals surface area contributed by atoms with Crippen molar-refractivity contribution >= 4 is 37.8 Å². The van der Waals surface area contributed by atoms with Gasteiger partial charge in [-0.1, -0.05) is 5.16 Å². The summed E-state index contributed by atoms with van der Waals surface area (Å²) in [4.78, 5) is 4.31. The highest BCUT2D eigenvalue weighted by atomic mass is 32.2. The Morgan fingerprint density at radius 3 is 2.76 bits per heavy atom. The van der Waals surface area contributed by atoms with Crippen LogP contribution in [-0.2, 0) is 16.6 Å². The third kappa shape index (κ3) is 3.63. The summed E-state index contributed by atoms with van der Waals surface area (Å²) in [7, 11) is -1.38. The first-order valence-corrected chi connectivity index (χ1v) is 11.3. The molecule has 0 spiro atoms. The van der Waals surface area contributed by atoms with Crippen LogP contribution in [0.1, 0.15) is 11.5 Å². The van der Waals surface area contributed by atoms with E-state index in [2.05, 4.69) is 20.0 Å². The van der Waals surface area contributed by atoms with E-state index < -0.39 is 10.0 Å². The highest BCUT2D eigenvalue weighted by molar-refractivity contribution is 7.93. The van der Waals surface area contributed by atoms with Gasteiger partial charge in [0, 0.05) is 23.8 Å². The quantitative estimate of drug-likeness (QED) is 0.381. The summed E-state index contributed by atoms with van der Waals surface area (Å²) in [6.07, 6.45) is 3.45. The number of fused-ring (bicyclic) bond motifs is 2. The number of benzene rings is 1. The molecule has 170 valence electrons. The molecule has 1 N–H and O–H groups in total. The number of rotatable bonds is 7. The number of anilines is 1. The number of aromatic nitrogens is 4. The van der Waals surface area contributed by atoms with Crippen LogP contribution in [0.25, 0.3) is 21.9 Å². The van der Waals surface area contributed by atoms with E-state index in [0.717, 1.165) is 0 Å². The Bertz CT molecular complexity index is 1570. The number of nitrogens with zero attached hydrogens (tertiary/aromatic N) is 4. The highest BCUT2D eigenvalue weighted by Gasteiger charge is 2.29. The van der Waals surface area contributed by atoms with Gasteiger partial charge in [0.15, 0.2) is 21.9 Å². The molecule has 1 aromatic carbocycles. The van der Waals surface area contributed by atoms with Crippen LogP contribution in [0.3, 0.4) is 0 Å². The summed E-state index contributed by atoms with van der Waals surface area (Å²) in [5, 5.41) is 8.98.